The summed E-state index contributed by atoms with van der Waals surface area (Å²) in [5.41, 5.74) is 8.09. The molecule has 1 heterocycles. The van der Waals surface area contributed by atoms with Gasteiger partial charge in [0.1, 0.15) is 5.69 Å². The van der Waals surface area contributed by atoms with Gasteiger partial charge in [-0.15, -0.1) is 11.3 Å². The molecule has 118 valence electrons. The number of nitrogens with one attached hydrogen (secondary N) is 1. The number of hydrogen-bond donors (Lipinski definition) is 2. The first-order chi connectivity index (χ1) is 10.7. The number of thiazole rings is 1. The summed E-state index contributed by atoms with van der Waals surface area (Å²) in [6.07, 6.45) is 0.704. The van der Waals surface area contributed by atoms with Gasteiger partial charge in [-0.25, -0.2) is 4.98 Å². The van der Waals surface area contributed by atoms with Crippen LogP contribution < -0.4 is 11.1 Å². The van der Waals surface area contributed by atoms with Crippen LogP contribution in [-0.4, -0.2) is 24.0 Å². The minimum Gasteiger partial charge on any atom is -0.377 e. The minimum absolute atomic E-state index is 0.161. The quantitative estimate of drug-likeness (QED) is 0.781. The van der Waals surface area contributed by atoms with E-state index in [0.717, 1.165) is 16.1 Å². The predicted molar refractivity (Wildman–Crippen MR) is 87.8 cm³/mol. The second kappa shape index (κ2) is 8.63. The fraction of sp³-hybridized carbons (Fsp3) is 0.375. The fourth-order valence-corrected chi connectivity index (χ4v) is 2.80. The largest absolute Gasteiger partial charge is 0.377 e. The summed E-state index contributed by atoms with van der Waals surface area (Å²) < 4.78 is 5.45. The minimum atomic E-state index is -0.161. The van der Waals surface area contributed by atoms with Crippen LogP contribution in [0.5, 0.6) is 0 Å². The predicted octanol–water partition coefficient (Wildman–Crippen LogP) is 2.11. The molecule has 22 heavy (non-hydrogen) atoms. The van der Waals surface area contributed by atoms with Crippen LogP contribution >= 0.6 is 11.3 Å². The van der Waals surface area contributed by atoms with Crippen molar-refractivity contribution < 1.29 is 9.53 Å². The van der Waals surface area contributed by atoms with E-state index in [4.69, 9.17) is 10.5 Å². The average molecular weight is 319 g/mol. The zero-order valence-corrected chi connectivity index (χ0v) is 13.5. The number of ether oxygens (including phenoxy) is 1. The molecular formula is C16H21N3O2S. The van der Waals surface area contributed by atoms with Crippen LogP contribution in [0.4, 0.5) is 0 Å². The molecule has 5 nitrogen and oxygen atoms in total. The maximum Gasteiger partial charge on any atom is 0.271 e. The number of nitrogens with zero attached hydrogens (tertiary/aromatic N) is 1. The van der Waals surface area contributed by atoms with E-state index in [2.05, 4.69) is 10.3 Å². The molecule has 3 N–H and O–H groups in total. The van der Waals surface area contributed by atoms with E-state index >= 15 is 0 Å². The standard InChI is InChI=1S/C16H21N3O2S/c1-2-21-10-13-6-4-3-5-12(13)9-18-16(20)14-11-22-15(19-14)7-8-17/h3-6,11H,2,7-10,17H2,1H3,(H,18,20). The zero-order valence-electron chi connectivity index (χ0n) is 12.7. The van der Waals surface area contributed by atoms with Crippen LogP contribution in [0.15, 0.2) is 29.6 Å². The lowest BCUT2D eigenvalue weighted by Crippen LogP contribution is -2.24. The van der Waals surface area contributed by atoms with Gasteiger partial charge in [-0.2, -0.15) is 0 Å². The summed E-state index contributed by atoms with van der Waals surface area (Å²) in [6.45, 7) is 4.19. The number of aromatic nitrogens is 1. The van der Waals surface area contributed by atoms with Crippen molar-refractivity contribution in [1.29, 1.82) is 0 Å². The van der Waals surface area contributed by atoms with Crippen molar-refractivity contribution in [2.24, 2.45) is 5.73 Å². The third-order valence-corrected chi connectivity index (χ3v) is 4.07. The molecule has 0 bridgehead atoms. The van der Waals surface area contributed by atoms with E-state index in [0.29, 0.717) is 38.4 Å². The molecule has 0 aliphatic rings. The molecule has 0 fully saturated rings. The Hall–Kier alpha value is -1.76. The molecule has 6 heteroatoms. The van der Waals surface area contributed by atoms with Gasteiger partial charge in [0, 0.05) is 25.0 Å². The number of carbonyl (C=O) groups is 1. The number of nitrogens with two attached hydrogens (primary N) is 1. The maximum atomic E-state index is 12.1. The van der Waals surface area contributed by atoms with Crippen molar-refractivity contribution in [3.8, 4) is 0 Å². The SMILES string of the molecule is CCOCc1ccccc1CNC(=O)c1csc(CCN)n1. The molecule has 0 unspecified atom stereocenters. The van der Waals surface area contributed by atoms with Crippen molar-refractivity contribution >= 4 is 17.2 Å². The molecule has 1 aromatic carbocycles. The molecule has 2 rings (SSSR count). The van der Waals surface area contributed by atoms with Crippen LogP contribution in [0.25, 0.3) is 0 Å². The van der Waals surface area contributed by atoms with E-state index < -0.39 is 0 Å². The van der Waals surface area contributed by atoms with Gasteiger partial charge in [0.05, 0.1) is 11.6 Å². The molecule has 0 atom stereocenters. The number of amides is 1. The number of carbonyl (C=O) groups excluding carboxylic acids is 1. The third kappa shape index (κ3) is 4.62. The molecule has 0 saturated carbocycles. The Morgan fingerprint density at radius 2 is 2.14 bits per heavy atom. The summed E-state index contributed by atoms with van der Waals surface area (Å²) in [5, 5.41) is 5.57. The second-order valence-electron chi connectivity index (χ2n) is 4.75. The molecule has 0 aliphatic carbocycles. The van der Waals surface area contributed by atoms with Crippen LogP contribution in [0.1, 0.15) is 33.5 Å². The van der Waals surface area contributed by atoms with Crippen LogP contribution in [-0.2, 0) is 24.3 Å². The lowest BCUT2D eigenvalue weighted by atomic mass is 10.1. The van der Waals surface area contributed by atoms with Gasteiger partial charge in [0.15, 0.2) is 0 Å². The highest BCUT2D eigenvalue weighted by atomic mass is 32.1. The van der Waals surface area contributed by atoms with Gasteiger partial charge in [0.2, 0.25) is 0 Å². The van der Waals surface area contributed by atoms with Crippen molar-refractivity contribution in [2.45, 2.75) is 26.5 Å². The highest BCUT2D eigenvalue weighted by molar-refractivity contribution is 7.09. The van der Waals surface area contributed by atoms with E-state index in [1.807, 2.05) is 31.2 Å². The Kier molecular flexibility index (Phi) is 6.51. The summed E-state index contributed by atoms with van der Waals surface area (Å²) in [5.74, 6) is -0.161. The van der Waals surface area contributed by atoms with E-state index in [9.17, 15) is 4.79 Å². The van der Waals surface area contributed by atoms with Gasteiger partial charge < -0.3 is 15.8 Å². The molecule has 1 aromatic heterocycles. The van der Waals surface area contributed by atoms with E-state index in [1.165, 1.54) is 11.3 Å². The summed E-state index contributed by atoms with van der Waals surface area (Å²) in [6, 6.07) is 7.94. The summed E-state index contributed by atoms with van der Waals surface area (Å²) in [4.78, 5) is 16.4. The highest BCUT2D eigenvalue weighted by Gasteiger charge is 2.11. The van der Waals surface area contributed by atoms with E-state index in [1.54, 1.807) is 5.38 Å². The summed E-state index contributed by atoms with van der Waals surface area (Å²) >= 11 is 1.47. The van der Waals surface area contributed by atoms with Crippen molar-refractivity contribution in [3.05, 3.63) is 51.5 Å². The number of rotatable bonds is 8. The topological polar surface area (TPSA) is 77.2 Å². The van der Waals surface area contributed by atoms with Gasteiger partial charge in [-0.1, -0.05) is 24.3 Å². The Balaban J connectivity index is 1.95. The molecule has 0 radical (unpaired) electrons. The molecule has 0 saturated heterocycles. The highest BCUT2D eigenvalue weighted by Crippen LogP contribution is 2.12. The first-order valence-electron chi connectivity index (χ1n) is 7.31. The Bertz CT molecular complexity index is 613. The Morgan fingerprint density at radius 3 is 2.86 bits per heavy atom. The van der Waals surface area contributed by atoms with Crippen molar-refractivity contribution in [2.75, 3.05) is 13.2 Å². The molecule has 0 aliphatic heterocycles. The van der Waals surface area contributed by atoms with Gasteiger partial charge >= 0.3 is 0 Å². The second-order valence-corrected chi connectivity index (χ2v) is 5.70. The fourth-order valence-electron chi connectivity index (χ4n) is 2.00. The molecule has 0 spiro atoms. The molecular weight excluding hydrogens is 298 g/mol. The van der Waals surface area contributed by atoms with Gasteiger partial charge in [-0.05, 0) is 24.6 Å². The zero-order chi connectivity index (χ0) is 15.8. The molecule has 1 amide bonds. The normalized spacial score (nSPS) is 10.6. The average Bonchev–Trinajstić information content (AvgIpc) is 3.00. The Labute approximate surface area is 134 Å². The van der Waals surface area contributed by atoms with Crippen molar-refractivity contribution in [1.82, 2.24) is 10.3 Å². The molecule has 2 aromatic rings. The monoisotopic (exact) mass is 319 g/mol. The summed E-state index contributed by atoms with van der Waals surface area (Å²) in [7, 11) is 0. The van der Waals surface area contributed by atoms with Crippen molar-refractivity contribution in [3.63, 3.8) is 0 Å². The maximum absolute atomic E-state index is 12.1. The van der Waals surface area contributed by atoms with E-state index in [-0.39, 0.29) is 5.91 Å². The van der Waals surface area contributed by atoms with Crippen LogP contribution in [0, 0.1) is 0 Å². The smallest absolute Gasteiger partial charge is 0.271 e. The first kappa shape index (κ1) is 16.6. The van der Waals surface area contributed by atoms with Gasteiger partial charge in [-0.3, -0.25) is 4.79 Å². The van der Waals surface area contributed by atoms with Crippen LogP contribution in [0.2, 0.25) is 0 Å². The van der Waals surface area contributed by atoms with Gasteiger partial charge in [0.25, 0.3) is 5.91 Å². The Morgan fingerprint density at radius 1 is 1.36 bits per heavy atom. The first-order valence-corrected chi connectivity index (χ1v) is 8.19. The number of hydrogen-bond acceptors (Lipinski definition) is 5. The van der Waals surface area contributed by atoms with Crippen LogP contribution in [0.3, 0.4) is 0 Å². The number of benzene rings is 1. The lowest BCUT2D eigenvalue weighted by molar-refractivity contribution is 0.0945. The third-order valence-electron chi connectivity index (χ3n) is 3.16. The lowest BCUT2D eigenvalue weighted by Gasteiger charge is -2.10.